The molecule has 76 valence electrons. The van der Waals surface area contributed by atoms with Crippen molar-refractivity contribution in [3.8, 4) is 0 Å². The molecule has 0 aromatic heterocycles. The molecular formula is C9H16O4. The van der Waals surface area contributed by atoms with Crippen molar-refractivity contribution in [2.24, 2.45) is 5.92 Å². The summed E-state index contributed by atoms with van der Waals surface area (Å²) in [6.45, 7) is 0. The normalized spacial score (nSPS) is 34.2. The predicted octanol–water partition coefficient (Wildman–Crippen LogP) is 0.335. The monoisotopic (exact) mass is 188 g/mol. The van der Waals surface area contributed by atoms with E-state index < -0.39 is 12.2 Å². The number of aliphatic hydroxyl groups is 1. The second kappa shape index (κ2) is 4.58. The highest BCUT2D eigenvalue weighted by Gasteiger charge is 2.37. The lowest BCUT2D eigenvalue weighted by Crippen LogP contribution is -2.43. The van der Waals surface area contributed by atoms with Crippen molar-refractivity contribution in [1.29, 1.82) is 0 Å². The molecule has 0 unspecified atom stereocenters. The number of hydrogen-bond acceptors (Lipinski definition) is 4. The van der Waals surface area contributed by atoms with Gasteiger partial charge in [-0.15, -0.1) is 0 Å². The highest BCUT2D eigenvalue weighted by Crippen LogP contribution is 2.27. The van der Waals surface area contributed by atoms with Gasteiger partial charge in [-0.3, -0.25) is 4.79 Å². The number of aliphatic hydroxyl groups excluding tert-OH is 1. The summed E-state index contributed by atoms with van der Waals surface area (Å²) in [5.41, 5.74) is 0. The van der Waals surface area contributed by atoms with Crippen molar-refractivity contribution in [2.75, 3.05) is 14.2 Å². The van der Waals surface area contributed by atoms with E-state index in [1.807, 2.05) is 0 Å². The van der Waals surface area contributed by atoms with E-state index in [0.717, 1.165) is 12.8 Å². The Balaban J connectivity index is 2.64. The fourth-order valence-electron chi connectivity index (χ4n) is 1.87. The van der Waals surface area contributed by atoms with E-state index in [-0.39, 0.29) is 11.9 Å². The number of carbonyl (C=O) groups is 1. The summed E-state index contributed by atoms with van der Waals surface area (Å²) < 4.78 is 9.73. The fraction of sp³-hybridized carbons (Fsp3) is 0.889. The molecule has 3 atom stereocenters. The zero-order chi connectivity index (χ0) is 9.84. The first kappa shape index (κ1) is 10.5. The van der Waals surface area contributed by atoms with Gasteiger partial charge in [0.25, 0.3) is 0 Å². The van der Waals surface area contributed by atoms with Gasteiger partial charge in [-0.05, 0) is 19.3 Å². The van der Waals surface area contributed by atoms with Gasteiger partial charge in [0.2, 0.25) is 0 Å². The highest BCUT2D eigenvalue weighted by atomic mass is 16.5. The molecule has 0 heterocycles. The van der Waals surface area contributed by atoms with Crippen LogP contribution in [0, 0.1) is 5.92 Å². The first-order valence-corrected chi connectivity index (χ1v) is 4.49. The lowest BCUT2D eigenvalue weighted by molar-refractivity contribution is -0.158. The molecule has 1 fully saturated rings. The molecule has 0 bridgehead atoms. The van der Waals surface area contributed by atoms with Gasteiger partial charge in [0.1, 0.15) is 0 Å². The van der Waals surface area contributed by atoms with Crippen LogP contribution in [0.2, 0.25) is 0 Å². The molecule has 0 spiro atoms. The number of rotatable bonds is 2. The van der Waals surface area contributed by atoms with Gasteiger partial charge in [0, 0.05) is 7.11 Å². The quantitative estimate of drug-likeness (QED) is 0.635. The first-order chi connectivity index (χ1) is 6.20. The third-order valence-corrected chi connectivity index (χ3v) is 2.57. The van der Waals surface area contributed by atoms with Crippen LogP contribution in [0.4, 0.5) is 0 Å². The molecule has 13 heavy (non-hydrogen) atoms. The van der Waals surface area contributed by atoms with E-state index in [1.54, 1.807) is 0 Å². The lowest BCUT2D eigenvalue weighted by atomic mass is 9.84. The molecule has 0 radical (unpaired) electrons. The molecule has 1 rings (SSSR count). The Morgan fingerprint density at radius 1 is 1.38 bits per heavy atom. The van der Waals surface area contributed by atoms with Gasteiger partial charge in [0.05, 0.1) is 25.2 Å². The van der Waals surface area contributed by atoms with Gasteiger partial charge in [-0.2, -0.15) is 0 Å². The second-order valence-electron chi connectivity index (χ2n) is 3.33. The zero-order valence-corrected chi connectivity index (χ0v) is 8.03. The molecule has 0 aliphatic heterocycles. The number of hydrogen-bond donors (Lipinski definition) is 1. The first-order valence-electron chi connectivity index (χ1n) is 4.49. The number of ether oxygens (including phenoxy) is 2. The van der Waals surface area contributed by atoms with Crippen molar-refractivity contribution >= 4 is 5.97 Å². The molecule has 1 saturated carbocycles. The summed E-state index contributed by atoms with van der Waals surface area (Å²) in [6.07, 6.45) is 1.35. The molecule has 1 aliphatic rings. The maximum absolute atomic E-state index is 11.3. The second-order valence-corrected chi connectivity index (χ2v) is 3.33. The number of methoxy groups -OCH3 is 2. The van der Waals surface area contributed by atoms with Crippen LogP contribution >= 0.6 is 0 Å². The molecular weight excluding hydrogens is 172 g/mol. The molecule has 0 aromatic rings. The zero-order valence-electron chi connectivity index (χ0n) is 8.03. The van der Waals surface area contributed by atoms with Crippen LogP contribution in [0.25, 0.3) is 0 Å². The Morgan fingerprint density at radius 3 is 2.62 bits per heavy atom. The van der Waals surface area contributed by atoms with Crippen molar-refractivity contribution < 1.29 is 19.4 Å². The summed E-state index contributed by atoms with van der Waals surface area (Å²) in [4.78, 5) is 11.3. The summed E-state index contributed by atoms with van der Waals surface area (Å²) >= 11 is 0. The third-order valence-electron chi connectivity index (χ3n) is 2.57. The summed E-state index contributed by atoms with van der Waals surface area (Å²) in [6, 6.07) is 0. The van der Waals surface area contributed by atoms with Crippen LogP contribution in [0.3, 0.4) is 0 Å². The third kappa shape index (κ3) is 2.19. The Bertz CT molecular complexity index is 180. The van der Waals surface area contributed by atoms with Gasteiger partial charge < -0.3 is 14.6 Å². The van der Waals surface area contributed by atoms with Crippen LogP contribution in [-0.2, 0) is 14.3 Å². The van der Waals surface area contributed by atoms with Crippen molar-refractivity contribution in [1.82, 2.24) is 0 Å². The van der Waals surface area contributed by atoms with E-state index in [2.05, 4.69) is 4.74 Å². The molecule has 4 heteroatoms. The van der Waals surface area contributed by atoms with Crippen molar-refractivity contribution in [3.63, 3.8) is 0 Å². The largest absolute Gasteiger partial charge is 0.469 e. The Morgan fingerprint density at radius 2 is 2.08 bits per heavy atom. The minimum atomic E-state index is -0.539. The minimum Gasteiger partial charge on any atom is -0.469 e. The van der Waals surface area contributed by atoms with Crippen LogP contribution in [-0.4, -0.2) is 37.5 Å². The molecule has 1 aliphatic carbocycles. The highest BCUT2D eigenvalue weighted by molar-refractivity contribution is 5.73. The molecule has 0 saturated heterocycles. The fourth-order valence-corrected chi connectivity index (χ4v) is 1.87. The Kier molecular flexibility index (Phi) is 3.69. The van der Waals surface area contributed by atoms with E-state index in [0.29, 0.717) is 6.42 Å². The smallest absolute Gasteiger partial charge is 0.311 e. The predicted molar refractivity (Wildman–Crippen MR) is 46.2 cm³/mol. The topological polar surface area (TPSA) is 55.8 Å². The van der Waals surface area contributed by atoms with E-state index in [9.17, 15) is 9.90 Å². The van der Waals surface area contributed by atoms with Gasteiger partial charge in [-0.1, -0.05) is 0 Å². The lowest BCUT2D eigenvalue weighted by Gasteiger charge is -2.32. The average molecular weight is 188 g/mol. The molecule has 1 N–H and O–H groups in total. The van der Waals surface area contributed by atoms with Gasteiger partial charge in [0.15, 0.2) is 0 Å². The maximum atomic E-state index is 11.3. The standard InChI is InChI=1S/C9H16O4/c1-12-8-6(9(11)13-2)4-3-5-7(8)10/h6-8,10H,3-5H2,1-2H3/t6-,7+,8-/m0/s1. The number of carbonyl (C=O) groups excluding carboxylic acids is 1. The van der Waals surface area contributed by atoms with Crippen LogP contribution < -0.4 is 0 Å². The SMILES string of the molecule is COC(=O)[C@H]1CCC[C@@H](O)[C@H]1OC. The average Bonchev–Trinajstić information content (AvgIpc) is 2.16. The Labute approximate surface area is 77.8 Å². The molecule has 0 aromatic carbocycles. The van der Waals surface area contributed by atoms with Crippen LogP contribution in [0.1, 0.15) is 19.3 Å². The molecule has 0 amide bonds. The molecule has 4 nitrogen and oxygen atoms in total. The van der Waals surface area contributed by atoms with Crippen LogP contribution in [0.15, 0.2) is 0 Å². The minimum absolute atomic E-state index is 0.286. The van der Waals surface area contributed by atoms with E-state index in [4.69, 9.17) is 4.74 Å². The van der Waals surface area contributed by atoms with Crippen molar-refractivity contribution in [2.45, 2.75) is 31.5 Å². The Hall–Kier alpha value is -0.610. The van der Waals surface area contributed by atoms with E-state index >= 15 is 0 Å². The summed E-state index contributed by atoms with van der Waals surface area (Å²) in [7, 11) is 2.87. The van der Waals surface area contributed by atoms with Crippen LogP contribution in [0.5, 0.6) is 0 Å². The van der Waals surface area contributed by atoms with E-state index in [1.165, 1.54) is 14.2 Å². The number of esters is 1. The summed E-state index contributed by atoms with van der Waals surface area (Å²) in [5.74, 6) is -0.593. The summed E-state index contributed by atoms with van der Waals surface area (Å²) in [5, 5.41) is 9.55. The van der Waals surface area contributed by atoms with Crippen molar-refractivity contribution in [3.05, 3.63) is 0 Å². The maximum Gasteiger partial charge on any atom is 0.311 e. The van der Waals surface area contributed by atoms with Gasteiger partial charge in [-0.25, -0.2) is 0 Å². The van der Waals surface area contributed by atoms with Gasteiger partial charge >= 0.3 is 5.97 Å².